The molecule has 6 heteroatoms. The van der Waals surface area contributed by atoms with Gasteiger partial charge in [-0.25, -0.2) is 4.79 Å². The van der Waals surface area contributed by atoms with Crippen molar-refractivity contribution in [3.05, 3.63) is 35.9 Å². The van der Waals surface area contributed by atoms with Crippen LogP contribution in [0.25, 0.3) is 10.8 Å². The third-order valence-electron chi connectivity index (χ3n) is 4.91. The van der Waals surface area contributed by atoms with Crippen LogP contribution in [0.15, 0.2) is 30.3 Å². The van der Waals surface area contributed by atoms with Crippen LogP contribution in [-0.4, -0.2) is 36.5 Å². The van der Waals surface area contributed by atoms with Gasteiger partial charge in [0, 0.05) is 0 Å². The lowest BCUT2D eigenvalue weighted by molar-refractivity contribution is 0.00578. The summed E-state index contributed by atoms with van der Waals surface area (Å²) in [5, 5.41) is 11.7. The van der Waals surface area contributed by atoms with Crippen molar-refractivity contribution >= 4 is 29.3 Å². The molecule has 0 aliphatic carbocycles. The lowest BCUT2D eigenvalue weighted by Crippen LogP contribution is -2.41. The minimum Gasteiger partial charge on any atom is -0.507 e. The summed E-state index contributed by atoms with van der Waals surface area (Å²) in [5.74, 6) is -0.676. The maximum atomic E-state index is 11.7. The highest BCUT2D eigenvalue weighted by Crippen LogP contribution is 2.36. The van der Waals surface area contributed by atoms with E-state index in [2.05, 4.69) is 4.74 Å². The zero-order valence-electron chi connectivity index (χ0n) is 14.5. The molecule has 0 spiro atoms. The van der Waals surface area contributed by atoms with Crippen molar-refractivity contribution in [1.82, 2.24) is 0 Å². The standard InChI is InChI=1S/C18H21BO5/c1-17(2)18(3,4)24-19(23-17)13-7-6-11-9-14(16(21)22-5)15(20)10-12(11)8-13/h6-10,20H,1-5H3. The van der Waals surface area contributed by atoms with E-state index in [1.54, 1.807) is 12.1 Å². The van der Waals surface area contributed by atoms with Gasteiger partial charge in [-0.2, -0.15) is 0 Å². The number of fused-ring (bicyclic) bond motifs is 1. The normalized spacial score (nSPS) is 18.8. The van der Waals surface area contributed by atoms with E-state index in [-0.39, 0.29) is 11.3 Å². The molecule has 0 atom stereocenters. The van der Waals surface area contributed by atoms with Gasteiger partial charge in [-0.3, -0.25) is 0 Å². The van der Waals surface area contributed by atoms with Crippen molar-refractivity contribution in [3.63, 3.8) is 0 Å². The summed E-state index contributed by atoms with van der Waals surface area (Å²) >= 11 is 0. The quantitative estimate of drug-likeness (QED) is 0.678. The first-order chi connectivity index (χ1) is 11.1. The first kappa shape index (κ1) is 16.8. The van der Waals surface area contributed by atoms with Gasteiger partial charge in [0.25, 0.3) is 0 Å². The largest absolute Gasteiger partial charge is 0.507 e. The molecule has 0 amide bonds. The van der Waals surface area contributed by atoms with Crippen molar-refractivity contribution in [3.8, 4) is 5.75 Å². The van der Waals surface area contributed by atoms with Crippen molar-refractivity contribution < 1.29 is 23.9 Å². The summed E-state index contributed by atoms with van der Waals surface area (Å²) in [6.07, 6.45) is 0. The Balaban J connectivity index is 2.00. The minimum absolute atomic E-state index is 0.111. The van der Waals surface area contributed by atoms with E-state index in [1.807, 2.05) is 45.9 Å². The monoisotopic (exact) mass is 328 g/mol. The molecule has 0 unspecified atom stereocenters. The molecule has 1 aliphatic heterocycles. The maximum Gasteiger partial charge on any atom is 0.494 e. The number of phenols is 1. The topological polar surface area (TPSA) is 65.0 Å². The lowest BCUT2D eigenvalue weighted by atomic mass is 9.78. The molecule has 0 radical (unpaired) electrons. The molecular formula is C18H21BO5. The molecule has 126 valence electrons. The lowest BCUT2D eigenvalue weighted by Gasteiger charge is -2.32. The first-order valence-electron chi connectivity index (χ1n) is 7.85. The SMILES string of the molecule is COC(=O)c1cc2ccc(B3OC(C)(C)C(C)(C)O3)cc2cc1O. The van der Waals surface area contributed by atoms with Crippen LogP contribution in [0.5, 0.6) is 5.75 Å². The average Bonchev–Trinajstić information content (AvgIpc) is 2.73. The third kappa shape index (κ3) is 2.66. The van der Waals surface area contributed by atoms with Crippen LogP contribution >= 0.6 is 0 Å². The number of esters is 1. The van der Waals surface area contributed by atoms with E-state index in [0.29, 0.717) is 0 Å². The van der Waals surface area contributed by atoms with Crippen LogP contribution in [0.1, 0.15) is 38.1 Å². The molecule has 1 saturated heterocycles. The van der Waals surface area contributed by atoms with E-state index in [0.717, 1.165) is 16.2 Å². The van der Waals surface area contributed by atoms with Gasteiger partial charge < -0.3 is 19.2 Å². The molecule has 5 nitrogen and oxygen atoms in total. The summed E-state index contributed by atoms with van der Waals surface area (Å²) in [4.78, 5) is 11.7. The van der Waals surface area contributed by atoms with Gasteiger partial charge in [0.2, 0.25) is 0 Å². The molecular weight excluding hydrogens is 307 g/mol. The highest BCUT2D eigenvalue weighted by molar-refractivity contribution is 6.62. The maximum absolute atomic E-state index is 11.7. The zero-order chi connectivity index (χ0) is 17.7. The zero-order valence-corrected chi connectivity index (χ0v) is 14.5. The van der Waals surface area contributed by atoms with E-state index >= 15 is 0 Å². The number of hydrogen-bond donors (Lipinski definition) is 1. The molecule has 3 rings (SSSR count). The van der Waals surface area contributed by atoms with E-state index in [9.17, 15) is 9.90 Å². The fraction of sp³-hybridized carbons (Fsp3) is 0.389. The number of phenolic OH excluding ortho intramolecular Hbond substituents is 1. The predicted octanol–water partition coefficient (Wildman–Crippen LogP) is 2.63. The number of hydrogen-bond acceptors (Lipinski definition) is 5. The molecule has 1 fully saturated rings. The van der Waals surface area contributed by atoms with Crippen molar-refractivity contribution in [1.29, 1.82) is 0 Å². The Bertz CT molecular complexity index is 796. The first-order valence-corrected chi connectivity index (χ1v) is 7.85. The van der Waals surface area contributed by atoms with Gasteiger partial charge in [-0.15, -0.1) is 0 Å². The Morgan fingerprint density at radius 2 is 1.67 bits per heavy atom. The van der Waals surface area contributed by atoms with E-state index in [4.69, 9.17) is 9.31 Å². The second kappa shape index (κ2) is 5.50. The molecule has 1 heterocycles. The van der Waals surface area contributed by atoms with Crippen molar-refractivity contribution in [2.45, 2.75) is 38.9 Å². The molecule has 1 N–H and O–H groups in total. The molecule has 0 saturated carbocycles. The Labute approximate surface area is 141 Å². The van der Waals surface area contributed by atoms with Crippen LogP contribution in [-0.2, 0) is 14.0 Å². The van der Waals surface area contributed by atoms with E-state index < -0.39 is 24.3 Å². The van der Waals surface area contributed by atoms with Crippen LogP contribution < -0.4 is 5.46 Å². The number of rotatable bonds is 2. The van der Waals surface area contributed by atoms with Gasteiger partial charge in [-0.05, 0) is 56.1 Å². The number of ether oxygens (including phenoxy) is 1. The Kier molecular flexibility index (Phi) is 3.85. The second-order valence-electron chi connectivity index (χ2n) is 7.06. The molecule has 1 aliphatic rings. The molecule has 0 aromatic heterocycles. The molecule has 24 heavy (non-hydrogen) atoms. The Morgan fingerprint density at radius 1 is 1.04 bits per heavy atom. The average molecular weight is 328 g/mol. The smallest absolute Gasteiger partial charge is 0.494 e. The summed E-state index contributed by atoms with van der Waals surface area (Å²) in [5.41, 5.74) is 0.187. The number of aromatic hydroxyl groups is 1. The van der Waals surface area contributed by atoms with Gasteiger partial charge in [-0.1, -0.05) is 18.2 Å². The summed E-state index contributed by atoms with van der Waals surface area (Å²) in [6, 6.07) is 8.85. The molecule has 0 bridgehead atoms. The second-order valence-corrected chi connectivity index (χ2v) is 7.06. The predicted molar refractivity (Wildman–Crippen MR) is 92.7 cm³/mol. The van der Waals surface area contributed by atoms with Gasteiger partial charge in [0.05, 0.1) is 18.3 Å². The number of benzene rings is 2. The highest BCUT2D eigenvalue weighted by Gasteiger charge is 2.51. The number of methoxy groups -OCH3 is 1. The van der Waals surface area contributed by atoms with Crippen LogP contribution in [0, 0.1) is 0 Å². The van der Waals surface area contributed by atoms with Gasteiger partial charge in [0.15, 0.2) is 0 Å². The Morgan fingerprint density at radius 3 is 2.25 bits per heavy atom. The van der Waals surface area contributed by atoms with Gasteiger partial charge in [0.1, 0.15) is 11.3 Å². The molecule has 2 aromatic carbocycles. The highest BCUT2D eigenvalue weighted by atomic mass is 16.7. The summed E-state index contributed by atoms with van der Waals surface area (Å²) in [7, 11) is 0.815. The fourth-order valence-corrected chi connectivity index (χ4v) is 2.70. The van der Waals surface area contributed by atoms with Crippen molar-refractivity contribution in [2.75, 3.05) is 7.11 Å². The van der Waals surface area contributed by atoms with Crippen LogP contribution in [0.4, 0.5) is 0 Å². The van der Waals surface area contributed by atoms with Gasteiger partial charge >= 0.3 is 13.1 Å². The third-order valence-corrected chi connectivity index (χ3v) is 4.91. The van der Waals surface area contributed by atoms with Crippen LogP contribution in [0.3, 0.4) is 0 Å². The number of carbonyl (C=O) groups excluding carboxylic acids is 1. The number of carbonyl (C=O) groups is 1. The summed E-state index contributed by atoms with van der Waals surface area (Å²) in [6.45, 7) is 8.01. The summed E-state index contributed by atoms with van der Waals surface area (Å²) < 4.78 is 16.8. The van der Waals surface area contributed by atoms with Crippen LogP contribution in [0.2, 0.25) is 0 Å². The minimum atomic E-state index is -0.565. The fourth-order valence-electron chi connectivity index (χ4n) is 2.70. The van der Waals surface area contributed by atoms with E-state index in [1.165, 1.54) is 7.11 Å². The van der Waals surface area contributed by atoms with Crippen molar-refractivity contribution in [2.24, 2.45) is 0 Å². The molecule has 2 aromatic rings. The Hall–Kier alpha value is -2.05.